The van der Waals surface area contributed by atoms with Crippen molar-refractivity contribution in [2.75, 3.05) is 5.32 Å². The molecule has 0 saturated carbocycles. The fraction of sp³-hybridized carbons (Fsp3) is 0.333. The number of anilines is 1. The van der Waals surface area contributed by atoms with Crippen molar-refractivity contribution in [3.8, 4) is 5.75 Å². The van der Waals surface area contributed by atoms with Gasteiger partial charge in [-0.15, -0.1) is 0 Å². The molecule has 7 heteroatoms. The Bertz CT molecular complexity index is 721. The molecule has 7 nitrogen and oxygen atoms in total. The van der Waals surface area contributed by atoms with Crippen LogP contribution in [0.1, 0.15) is 26.0 Å². The lowest BCUT2D eigenvalue weighted by molar-refractivity contribution is -0.123. The summed E-state index contributed by atoms with van der Waals surface area (Å²) in [6, 6.07) is 8.22. The van der Waals surface area contributed by atoms with Gasteiger partial charge in [-0.25, -0.2) is 4.98 Å². The lowest BCUT2D eigenvalue weighted by Crippen LogP contribution is -2.42. The molecule has 0 fully saturated rings. The summed E-state index contributed by atoms with van der Waals surface area (Å²) in [5.41, 5.74) is 0.849. The highest BCUT2D eigenvalue weighted by Gasteiger charge is 2.22. The van der Waals surface area contributed by atoms with Crippen molar-refractivity contribution in [2.45, 2.75) is 32.7 Å². The zero-order valence-electron chi connectivity index (χ0n) is 14.3. The van der Waals surface area contributed by atoms with E-state index in [4.69, 9.17) is 0 Å². The van der Waals surface area contributed by atoms with E-state index < -0.39 is 5.92 Å². The Morgan fingerprint density at radius 1 is 1.12 bits per heavy atom. The van der Waals surface area contributed by atoms with Gasteiger partial charge in [0.05, 0.1) is 5.92 Å². The van der Waals surface area contributed by atoms with Crippen LogP contribution < -0.4 is 10.6 Å². The monoisotopic (exact) mass is 342 g/mol. The minimum Gasteiger partial charge on any atom is -0.504 e. The highest BCUT2D eigenvalue weighted by atomic mass is 16.3. The minimum absolute atomic E-state index is 0.102. The van der Waals surface area contributed by atoms with E-state index in [1.165, 1.54) is 12.3 Å². The lowest BCUT2D eigenvalue weighted by Gasteiger charge is -2.20. The molecule has 132 valence electrons. The Labute approximate surface area is 146 Å². The highest BCUT2D eigenvalue weighted by Crippen LogP contribution is 2.19. The average molecular weight is 342 g/mol. The van der Waals surface area contributed by atoms with Crippen molar-refractivity contribution < 1.29 is 14.7 Å². The molecule has 0 aliphatic heterocycles. The summed E-state index contributed by atoms with van der Waals surface area (Å²) in [6.45, 7) is 3.47. The van der Waals surface area contributed by atoms with Gasteiger partial charge in [0.15, 0.2) is 11.6 Å². The van der Waals surface area contributed by atoms with Crippen LogP contribution in [0.5, 0.6) is 5.75 Å². The van der Waals surface area contributed by atoms with Gasteiger partial charge in [0.25, 0.3) is 0 Å². The van der Waals surface area contributed by atoms with Crippen molar-refractivity contribution >= 4 is 17.6 Å². The summed E-state index contributed by atoms with van der Waals surface area (Å²) in [7, 11) is 0. The highest BCUT2D eigenvalue weighted by molar-refractivity contribution is 5.93. The fourth-order valence-corrected chi connectivity index (χ4v) is 2.19. The van der Waals surface area contributed by atoms with Crippen LogP contribution in [0.3, 0.4) is 0 Å². The molecule has 2 amide bonds. The summed E-state index contributed by atoms with van der Waals surface area (Å²) < 4.78 is 0. The maximum absolute atomic E-state index is 12.2. The molecule has 2 aromatic heterocycles. The second-order valence-corrected chi connectivity index (χ2v) is 5.83. The number of pyridine rings is 2. The second kappa shape index (κ2) is 8.77. The van der Waals surface area contributed by atoms with Crippen LogP contribution in [0.2, 0.25) is 0 Å². The number of aryl methyl sites for hydroxylation is 1. The summed E-state index contributed by atoms with van der Waals surface area (Å²) in [5.74, 6) is -0.951. The van der Waals surface area contributed by atoms with E-state index in [0.29, 0.717) is 12.8 Å². The maximum Gasteiger partial charge on any atom is 0.230 e. The quantitative estimate of drug-likeness (QED) is 0.713. The largest absolute Gasteiger partial charge is 0.504 e. The second-order valence-electron chi connectivity index (χ2n) is 5.83. The first kappa shape index (κ1) is 18.4. The number of amides is 2. The van der Waals surface area contributed by atoms with Gasteiger partial charge < -0.3 is 15.7 Å². The van der Waals surface area contributed by atoms with Crippen molar-refractivity contribution in [3.63, 3.8) is 0 Å². The minimum atomic E-state index is -0.486. The van der Waals surface area contributed by atoms with E-state index in [1.807, 2.05) is 18.2 Å². The normalized spacial score (nSPS) is 12.9. The Hall–Kier alpha value is -2.96. The number of rotatable bonds is 7. The van der Waals surface area contributed by atoms with Gasteiger partial charge in [0, 0.05) is 30.6 Å². The summed E-state index contributed by atoms with van der Waals surface area (Å²) in [6.07, 6.45) is 4.01. The number of hydrogen-bond donors (Lipinski definition) is 3. The van der Waals surface area contributed by atoms with Crippen LogP contribution in [0.25, 0.3) is 0 Å². The third kappa shape index (κ3) is 5.56. The average Bonchev–Trinajstić information content (AvgIpc) is 2.62. The molecule has 0 unspecified atom stereocenters. The standard InChI is InChI=1S/C18H22N4O3/c1-12(18(25)22-17-15(23)7-5-11-20-17)13(2)21-16(24)9-8-14-6-3-4-10-19-14/h3-7,10-13,23H,8-9H2,1-2H3,(H,21,24)(H,20,22,25)/t12-,13+/m1/s1. The predicted molar refractivity (Wildman–Crippen MR) is 93.9 cm³/mol. The van der Waals surface area contributed by atoms with Gasteiger partial charge in [-0.1, -0.05) is 13.0 Å². The van der Waals surface area contributed by atoms with Gasteiger partial charge in [-0.2, -0.15) is 0 Å². The van der Waals surface area contributed by atoms with Crippen molar-refractivity contribution in [1.29, 1.82) is 0 Å². The van der Waals surface area contributed by atoms with Crippen molar-refractivity contribution in [3.05, 3.63) is 48.4 Å². The number of hydrogen-bond acceptors (Lipinski definition) is 5. The van der Waals surface area contributed by atoms with Gasteiger partial charge in [0.1, 0.15) is 0 Å². The molecule has 0 aliphatic rings. The summed E-state index contributed by atoms with van der Waals surface area (Å²) in [5, 5.41) is 15.0. The molecule has 0 aliphatic carbocycles. The molecule has 0 spiro atoms. The van der Waals surface area contributed by atoms with Crippen LogP contribution in [-0.2, 0) is 16.0 Å². The third-order valence-corrected chi connectivity index (χ3v) is 3.91. The topological polar surface area (TPSA) is 104 Å². The smallest absolute Gasteiger partial charge is 0.230 e. The molecule has 2 aromatic rings. The molecule has 25 heavy (non-hydrogen) atoms. The van der Waals surface area contributed by atoms with Crippen LogP contribution in [-0.4, -0.2) is 32.9 Å². The molecule has 2 heterocycles. The Balaban J connectivity index is 1.82. The number of carbonyl (C=O) groups excluding carboxylic acids is 2. The molecule has 0 aromatic carbocycles. The summed E-state index contributed by atoms with van der Waals surface area (Å²) >= 11 is 0. The SMILES string of the molecule is C[C@H](NC(=O)CCc1ccccn1)[C@@H](C)C(=O)Nc1ncccc1O. The molecule has 3 N–H and O–H groups in total. The third-order valence-electron chi connectivity index (χ3n) is 3.91. The Kier molecular flexibility index (Phi) is 6.45. The number of nitrogens with zero attached hydrogens (tertiary/aromatic N) is 2. The van der Waals surface area contributed by atoms with E-state index >= 15 is 0 Å². The van der Waals surface area contributed by atoms with Crippen LogP contribution >= 0.6 is 0 Å². The van der Waals surface area contributed by atoms with Crippen LogP contribution in [0, 0.1) is 5.92 Å². The first-order valence-corrected chi connectivity index (χ1v) is 8.11. The van der Waals surface area contributed by atoms with E-state index in [2.05, 4.69) is 20.6 Å². The number of nitrogens with one attached hydrogen (secondary N) is 2. The van der Waals surface area contributed by atoms with Crippen molar-refractivity contribution in [1.82, 2.24) is 15.3 Å². The van der Waals surface area contributed by atoms with Gasteiger partial charge in [0.2, 0.25) is 11.8 Å². The molecule has 0 radical (unpaired) electrons. The van der Waals surface area contributed by atoms with E-state index in [-0.39, 0.29) is 29.4 Å². The number of aromatic hydroxyl groups is 1. The van der Waals surface area contributed by atoms with Crippen LogP contribution in [0.15, 0.2) is 42.7 Å². The number of carbonyl (C=O) groups is 2. The molecule has 2 rings (SSSR count). The van der Waals surface area contributed by atoms with E-state index in [9.17, 15) is 14.7 Å². The lowest BCUT2D eigenvalue weighted by atomic mass is 10.0. The van der Waals surface area contributed by atoms with Gasteiger partial charge in [-0.3, -0.25) is 14.6 Å². The van der Waals surface area contributed by atoms with Crippen molar-refractivity contribution in [2.24, 2.45) is 5.92 Å². The Morgan fingerprint density at radius 3 is 2.56 bits per heavy atom. The number of aromatic nitrogens is 2. The first-order valence-electron chi connectivity index (χ1n) is 8.11. The fourth-order valence-electron chi connectivity index (χ4n) is 2.19. The van der Waals surface area contributed by atoms with Gasteiger partial charge in [-0.05, 0) is 37.6 Å². The first-order chi connectivity index (χ1) is 12.0. The zero-order chi connectivity index (χ0) is 18.2. The van der Waals surface area contributed by atoms with Crippen LogP contribution in [0.4, 0.5) is 5.82 Å². The zero-order valence-corrected chi connectivity index (χ0v) is 14.3. The molecule has 2 atom stereocenters. The molecule has 0 saturated heterocycles. The molecule has 0 bridgehead atoms. The Morgan fingerprint density at radius 2 is 1.88 bits per heavy atom. The molecular formula is C18H22N4O3. The summed E-state index contributed by atoms with van der Waals surface area (Å²) in [4.78, 5) is 32.4. The van der Waals surface area contributed by atoms with Gasteiger partial charge >= 0.3 is 0 Å². The van der Waals surface area contributed by atoms with E-state index in [1.54, 1.807) is 26.1 Å². The predicted octanol–water partition coefficient (Wildman–Crippen LogP) is 1.89. The maximum atomic E-state index is 12.2. The molecular weight excluding hydrogens is 320 g/mol. The van der Waals surface area contributed by atoms with E-state index in [0.717, 1.165) is 5.69 Å².